The molecule has 1 aromatic heterocycles. The maximum Gasteiger partial charge on any atom is 0.254 e. The van der Waals surface area contributed by atoms with Crippen LogP contribution in [-0.2, 0) is 13.1 Å². The molecule has 0 aliphatic heterocycles. The van der Waals surface area contributed by atoms with Gasteiger partial charge in [-0.2, -0.15) is 0 Å². The van der Waals surface area contributed by atoms with Crippen LogP contribution in [0.4, 0.5) is 0 Å². The molecule has 4 heteroatoms. The van der Waals surface area contributed by atoms with E-state index in [9.17, 15) is 9.59 Å². The zero-order valence-corrected chi connectivity index (χ0v) is 17.2. The standard InChI is InChI=1S/C26H24N2O2/c1-18-13-19(2)23-15-22(25(29)27-24(23)14-18)17-28(16-20-9-5-3-6-10-20)26(30)21-11-7-4-8-12-21/h3-15H,16-17H2,1-2H3,(H,27,29). The van der Waals surface area contributed by atoms with Gasteiger partial charge in [0.25, 0.3) is 11.5 Å². The van der Waals surface area contributed by atoms with E-state index in [4.69, 9.17) is 0 Å². The van der Waals surface area contributed by atoms with Crippen molar-refractivity contribution in [3.8, 4) is 0 Å². The molecule has 0 aliphatic carbocycles. The number of hydrogen-bond acceptors (Lipinski definition) is 2. The fraction of sp³-hybridized carbons (Fsp3) is 0.154. The summed E-state index contributed by atoms with van der Waals surface area (Å²) in [5.41, 5.74) is 5.08. The van der Waals surface area contributed by atoms with E-state index < -0.39 is 0 Å². The van der Waals surface area contributed by atoms with Crippen molar-refractivity contribution in [2.24, 2.45) is 0 Å². The van der Waals surface area contributed by atoms with E-state index in [0.29, 0.717) is 17.7 Å². The summed E-state index contributed by atoms with van der Waals surface area (Å²) in [6.45, 7) is 4.72. The maximum atomic E-state index is 13.3. The van der Waals surface area contributed by atoms with Gasteiger partial charge in [0.2, 0.25) is 0 Å². The fourth-order valence-electron chi connectivity index (χ4n) is 3.81. The predicted octanol–water partition coefficient (Wildman–Crippen LogP) is 4.99. The van der Waals surface area contributed by atoms with Crippen molar-refractivity contribution >= 4 is 16.8 Å². The monoisotopic (exact) mass is 396 g/mol. The number of hydrogen-bond donors (Lipinski definition) is 1. The number of nitrogens with one attached hydrogen (secondary N) is 1. The molecule has 0 unspecified atom stereocenters. The minimum Gasteiger partial charge on any atom is -0.330 e. The molecule has 1 amide bonds. The molecule has 0 fully saturated rings. The zero-order valence-electron chi connectivity index (χ0n) is 17.2. The van der Waals surface area contributed by atoms with Gasteiger partial charge in [-0.15, -0.1) is 0 Å². The van der Waals surface area contributed by atoms with Gasteiger partial charge in [0.1, 0.15) is 0 Å². The van der Waals surface area contributed by atoms with E-state index in [-0.39, 0.29) is 18.0 Å². The largest absolute Gasteiger partial charge is 0.330 e. The predicted molar refractivity (Wildman–Crippen MR) is 121 cm³/mol. The SMILES string of the molecule is Cc1cc(C)c2cc(CN(Cc3ccccc3)C(=O)c3ccccc3)c(=O)[nH]c2c1. The third-order valence-corrected chi connectivity index (χ3v) is 5.28. The van der Waals surface area contributed by atoms with Crippen LogP contribution in [0.15, 0.2) is 83.7 Å². The Labute approximate surface area is 175 Å². The first-order valence-electron chi connectivity index (χ1n) is 10.0. The molecular formula is C26H24N2O2. The van der Waals surface area contributed by atoms with Crippen LogP contribution in [0.2, 0.25) is 0 Å². The Morgan fingerprint density at radius 1 is 0.867 bits per heavy atom. The Morgan fingerprint density at radius 2 is 1.53 bits per heavy atom. The summed E-state index contributed by atoms with van der Waals surface area (Å²) in [7, 11) is 0. The molecule has 4 nitrogen and oxygen atoms in total. The van der Waals surface area contributed by atoms with Crippen LogP contribution in [0.5, 0.6) is 0 Å². The number of pyridine rings is 1. The van der Waals surface area contributed by atoms with E-state index in [1.54, 1.807) is 17.0 Å². The normalized spacial score (nSPS) is 10.9. The molecular weight excluding hydrogens is 372 g/mol. The van der Waals surface area contributed by atoms with E-state index in [1.807, 2.05) is 74.5 Å². The topological polar surface area (TPSA) is 53.2 Å². The lowest BCUT2D eigenvalue weighted by molar-refractivity contribution is 0.0729. The Morgan fingerprint density at radius 3 is 2.23 bits per heavy atom. The Balaban J connectivity index is 1.73. The first-order chi connectivity index (χ1) is 14.5. The number of fused-ring (bicyclic) bond motifs is 1. The van der Waals surface area contributed by atoms with Gasteiger partial charge in [0.05, 0.1) is 6.54 Å². The smallest absolute Gasteiger partial charge is 0.254 e. The second-order valence-electron chi connectivity index (χ2n) is 7.68. The fourth-order valence-corrected chi connectivity index (χ4v) is 3.81. The number of nitrogens with zero attached hydrogens (tertiary/aromatic N) is 1. The van der Waals surface area contributed by atoms with Crippen LogP contribution in [0, 0.1) is 13.8 Å². The van der Waals surface area contributed by atoms with Crippen LogP contribution in [-0.4, -0.2) is 15.8 Å². The van der Waals surface area contributed by atoms with Crippen molar-refractivity contribution in [3.63, 3.8) is 0 Å². The summed E-state index contributed by atoms with van der Waals surface area (Å²) in [5, 5.41) is 1.00. The van der Waals surface area contributed by atoms with Crippen molar-refractivity contribution in [1.29, 1.82) is 0 Å². The third kappa shape index (κ3) is 4.18. The van der Waals surface area contributed by atoms with Crippen molar-refractivity contribution in [1.82, 2.24) is 9.88 Å². The van der Waals surface area contributed by atoms with Crippen molar-refractivity contribution in [3.05, 3.63) is 117 Å². The Hall–Kier alpha value is -3.66. The minimum atomic E-state index is -0.161. The van der Waals surface area contributed by atoms with Crippen LogP contribution in [0.25, 0.3) is 10.9 Å². The molecule has 1 N–H and O–H groups in total. The number of rotatable bonds is 5. The molecule has 0 saturated carbocycles. The third-order valence-electron chi connectivity index (χ3n) is 5.28. The van der Waals surface area contributed by atoms with Crippen molar-refractivity contribution in [2.75, 3.05) is 0 Å². The number of benzene rings is 3. The van der Waals surface area contributed by atoms with Crippen molar-refractivity contribution < 1.29 is 4.79 Å². The van der Waals surface area contributed by atoms with Gasteiger partial charge in [0.15, 0.2) is 0 Å². The summed E-state index contributed by atoms with van der Waals surface area (Å²) in [6.07, 6.45) is 0. The van der Waals surface area contributed by atoms with Gasteiger partial charge in [-0.25, -0.2) is 0 Å². The second-order valence-corrected chi connectivity index (χ2v) is 7.68. The van der Waals surface area contributed by atoms with Crippen LogP contribution >= 0.6 is 0 Å². The van der Waals surface area contributed by atoms with Gasteiger partial charge in [0, 0.05) is 28.6 Å². The summed E-state index contributed by atoms with van der Waals surface area (Å²) < 4.78 is 0. The average Bonchev–Trinajstić information content (AvgIpc) is 2.75. The number of aryl methyl sites for hydroxylation is 2. The molecule has 4 rings (SSSR count). The number of carbonyl (C=O) groups excluding carboxylic acids is 1. The second kappa shape index (κ2) is 8.37. The molecule has 0 saturated heterocycles. The number of carbonyl (C=O) groups is 1. The molecule has 3 aromatic carbocycles. The van der Waals surface area contributed by atoms with E-state index >= 15 is 0 Å². The maximum absolute atomic E-state index is 13.3. The molecule has 0 bridgehead atoms. The molecule has 0 aliphatic rings. The highest BCUT2D eigenvalue weighted by Gasteiger charge is 2.18. The van der Waals surface area contributed by atoms with Crippen LogP contribution in [0.3, 0.4) is 0 Å². The van der Waals surface area contributed by atoms with Gasteiger partial charge >= 0.3 is 0 Å². The molecule has 150 valence electrons. The zero-order chi connectivity index (χ0) is 21.1. The average molecular weight is 396 g/mol. The van der Waals surface area contributed by atoms with Crippen LogP contribution < -0.4 is 5.56 Å². The summed E-state index contributed by atoms with van der Waals surface area (Å²) >= 11 is 0. The number of aromatic nitrogens is 1. The van der Waals surface area contributed by atoms with Gasteiger partial charge in [-0.1, -0.05) is 54.6 Å². The highest BCUT2D eigenvalue weighted by atomic mass is 16.2. The molecule has 4 aromatic rings. The number of aromatic amines is 1. The summed E-state index contributed by atoms with van der Waals surface area (Å²) in [6, 6.07) is 25.0. The first kappa shape index (κ1) is 19.6. The highest BCUT2D eigenvalue weighted by Crippen LogP contribution is 2.20. The summed E-state index contributed by atoms with van der Waals surface area (Å²) in [5.74, 6) is -0.0976. The molecule has 30 heavy (non-hydrogen) atoms. The molecule has 0 spiro atoms. The minimum absolute atomic E-state index is 0.0976. The van der Waals surface area contributed by atoms with Gasteiger partial charge in [-0.3, -0.25) is 9.59 Å². The lowest BCUT2D eigenvalue weighted by atomic mass is 10.0. The quantitative estimate of drug-likeness (QED) is 0.517. The molecule has 1 heterocycles. The number of amides is 1. The van der Waals surface area contributed by atoms with E-state index in [2.05, 4.69) is 11.1 Å². The van der Waals surface area contributed by atoms with E-state index in [1.165, 1.54) is 0 Å². The number of H-pyrrole nitrogens is 1. The Bertz CT molecular complexity index is 1240. The molecule has 0 radical (unpaired) electrons. The van der Waals surface area contributed by atoms with Gasteiger partial charge in [-0.05, 0) is 54.8 Å². The lowest BCUT2D eigenvalue weighted by Crippen LogP contribution is -2.32. The van der Waals surface area contributed by atoms with Gasteiger partial charge < -0.3 is 9.88 Å². The lowest BCUT2D eigenvalue weighted by Gasteiger charge is -2.23. The van der Waals surface area contributed by atoms with E-state index in [0.717, 1.165) is 27.6 Å². The summed E-state index contributed by atoms with van der Waals surface area (Å²) in [4.78, 5) is 30.8. The first-order valence-corrected chi connectivity index (χ1v) is 10.0. The highest BCUT2D eigenvalue weighted by molar-refractivity contribution is 5.94. The van der Waals surface area contributed by atoms with Crippen molar-refractivity contribution in [2.45, 2.75) is 26.9 Å². The van der Waals surface area contributed by atoms with Crippen LogP contribution in [0.1, 0.15) is 32.6 Å². The molecule has 0 atom stereocenters. The Kier molecular flexibility index (Phi) is 5.48.